The van der Waals surface area contributed by atoms with Crippen LogP contribution in [0.15, 0.2) is 34.4 Å². The molecule has 0 saturated heterocycles. The molecule has 2 aliphatic rings. The fourth-order valence-electron chi connectivity index (χ4n) is 2.97. The van der Waals surface area contributed by atoms with Crippen molar-refractivity contribution in [1.82, 2.24) is 5.43 Å². The molecule has 1 aliphatic heterocycles. The Morgan fingerprint density at radius 3 is 2.83 bits per heavy atom. The normalized spacial score (nSPS) is 25.4. The average Bonchev–Trinajstić information content (AvgIpc) is 2.58. The first kappa shape index (κ1) is 18.9. The number of nitro groups is 1. The van der Waals surface area contributed by atoms with Crippen molar-refractivity contribution in [1.29, 1.82) is 0 Å². The van der Waals surface area contributed by atoms with Gasteiger partial charge in [-0.1, -0.05) is 43.7 Å². The number of hydrazone groups is 1. The van der Waals surface area contributed by atoms with E-state index in [0.29, 0.717) is 17.7 Å². The number of non-ortho nitro benzene ring substituents is 1. The number of hydrogen-bond acceptors (Lipinski definition) is 5. The van der Waals surface area contributed by atoms with Crippen molar-refractivity contribution in [3.8, 4) is 0 Å². The van der Waals surface area contributed by atoms with Crippen molar-refractivity contribution < 1.29 is 4.92 Å². The average molecular weight is 413 g/mol. The monoisotopic (exact) mass is 412 g/mol. The largest absolute Gasteiger partial charge is 0.270 e. The summed E-state index contributed by atoms with van der Waals surface area (Å²) in [5.41, 5.74) is 4.70. The van der Waals surface area contributed by atoms with Gasteiger partial charge in [0.25, 0.3) is 5.69 Å². The minimum absolute atomic E-state index is 0. The molecule has 130 valence electrons. The number of amidine groups is 1. The van der Waals surface area contributed by atoms with E-state index >= 15 is 0 Å². The van der Waals surface area contributed by atoms with E-state index < -0.39 is 0 Å². The first-order valence-corrected chi connectivity index (χ1v) is 8.90. The van der Waals surface area contributed by atoms with Gasteiger partial charge in [-0.3, -0.25) is 20.5 Å². The molecule has 1 aliphatic carbocycles. The van der Waals surface area contributed by atoms with E-state index in [1.165, 1.54) is 25.3 Å². The Morgan fingerprint density at radius 2 is 2.17 bits per heavy atom. The van der Waals surface area contributed by atoms with Crippen LogP contribution >= 0.6 is 28.7 Å². The van der Waals surface area contributed by atoms with Crippen molar-refractivity contribution >= 4 is 45.3 Å². The third-order valence-corrected chi connectivity index (χ3v) is 5.26. The van der Waals surface area contributed by atoms with Crippen LogP contribution in [0, 0.1) is 16.0 Å². The maximum atomic E-state index is 10.9. The Morgan fingerprint density at radius 1 is 1.38 bits per heavy atom. The van der Waals surface area contributed by atoms with Crippen LogP contribution in [0.25, 0.3) is 0 Å². The third kappa shape index (κ3) is 4.57. The van der Waals surface area contributed by atoms with Crippen molar-refractivity contribution in [2.24, 2.45) is 16.0 Å². The number of benzene rings is 1. The zero-order chi connectivity index (χ0) is 16.2. The van der Waals surface area contributed by atoms with Crippen LogP contribution in [0.2, 0.25) is 0 Å². The van der Waals surface area contributed by atoms with Gasteiger partial charge in [0.15, 0.2) is 5.17 Å². The lowest BCUT2D eigenvalue weighted by Gasteiger charge is -2.26. The number of nitro benzene ring substituents is 1. The van der Waals surface area contributed by atoms with Gasteiger partial charge in [-0.05, 0) is 18.8 Å². The second-order valence-electron chi connectivity index (χ2n) is 6.03. The minimum atomic E-state index is -0.384. The number of halogens is 1. The lowest BCUT2D eigenvalue weighted by molar-refractivity contribution is -0.384. The summed E-state index contributed by atoms with van der Waals surface area (Å²) in [4.78, 5) is 15.3. The Bertz CT molecular complexity index is 665. The van der Waals surface area contributed by atoms with E-state index in [-0.39, 0.29) is 27.6 Å². The maximum Gasteiger partial charge on any atom is 0.270 e. The quantitative estimate of drug-likeness (QED) is 0.597. The van der Waals surface area contributed by atoms with Crippen molar-refractivity contribution in [3.63, 3.8) is 0 Å². The zero-order valence-corrected chi connectivity index (χ0v) is 16.0. The molecule has 1 aromatic carbocycles. The molecule has 1 heterocycles. The third-order valence-electron chi connectivity index (χ3n) is 4.37. The Hall–Kier alpha value is -1.41. The molecule has 1 aromatic rings. The molecule has 0 amide bonds. The molecular weight excluding hydrogens is 392 g/mol. The van der Waals surface area contributed by atoms with Gasteiger partial charge in [0, 0.05) is 23.4 Å². The summed E-state index contributed by atoms with van der Waals surface area (Å²) in [5, 5.41) is 16.1. The van der Waals surface area contributed by atoms with Crippen LogP contribution in [0.5, 0.6) is 0 Å². The maximum absolute atomic E-state index is 10.9. The molecule has 0 radical (unpaired) electrons. The fraction of sp³-hybridized carbons (Fsp3) is 0.500. The van der Waals surface area contributed by atoms with E-state index in [1.54, 1.807) is 23.9 Å². The molecule has 3 rings (SSSR count). The van der Waals surface area contributed by atoms with E-state index in [0.717, 1.165) is 22.9 Å². The number of hydrogen-bond donors (Lipinski definition) is 1. The van der Waals surface area contributed by atoms with Gasteiger partial charge in [-0.2, -0.15) is 5.10 Å². The second kappa shape index (κ2) is 8.62. The number of nitrogens with one attached hydrogen (secondary N) is 1. The zero-order valence-electron chi connectivity index (χ0n) is 13.5. The number of thioether (sulfide) groups is 1. The highest BCUT2D eigenvalue weighted by molar-refractivity contribution is 8.93. The van der Waals surface area contributed by atoms with Gasteiger partial charge in [0.1, 0.15) is 0 Å². The summed E-state index contributed by atoms with van der Waals surface area (Å²) in [5.74, 6) is 1.30. The summed E-state index contributed by atoms with van der Waals surface area (Å²) in [7, 11) is 0. The molecule has 1 saturated carbocycles. The number of nitrogens with zero attached hydrogens (tertiary/aromatic N) is 3. The van der Waals surface area contributed by atoms with Gasteiger partial charge in [-0.15, -0.1) is 17.0 Å². The Balaban J connectivity index is 0.00000208. The van der Waals surface area contributed by atoms with Crippen LogP contribution in [0.3, 0.4) is 0 Å². The number of aliphatic imine (C=N–C) groups is 1. The molecule has 0 spiro atoms. The molecular formula is C16H21BrN4O2S. The topological polar surface area (TPSA) is 79.9 Å². The minimum Gasteiger partial charge on any atom is -0.258 e. The molecule has 1 fully saturated rings. The summed E-state index contributed by atoms with van der Waals surface area (Å²) in [6.07, 6.45) is 4.94. The second-order valence-corrected chi connectivity index (χ2v) is 6.99. The van der Waals surface area contributed by atoms with Gasteiger partial charge >= 0.3 is 0 Å². The van der Waals surface area contributed by atoms with Crippen molar-refractivity contribution in [2.45, 2.75) is 38.6 Å². The first-order valence-electron chi connectivity index (χ1n) is 7.91. The SMILES string of the molecule is Br.CC1CCCCC1N=C1NN=C(c2cccc([N+](=O)[O-])c2)CS1. The van der Waals surface area contributed by atoms with Crippen molar-refractivity contribution in [3.05, 3.63) is 39.9 Å². The van der Waals surface area contributed by atoms with Gasteiger partial charge in [0.2, 0.25) is 0 Å². The predicted octanol–water partition coefficient (Wildman–Crippen LogP) is 4.15. The van der Waals surface area contributed by atoms with Gasteiger partial charge < -0.3 is 0 Å². The summed E-state index contributed by atoms with van der Waals surface area (Å²) >= 11 is 1.61. The molecule has 24 heavy (non-hydrogen) atoms. The van der Waals surface area contributed by atoms with Crippen LogP contribution in [-0.4, -0.2) is 27.6 Å². The van der Waals surface area contributed by atoms with E-state index in [1.807, 2.05) is 6.07 Å². The van der Waals surface area contributed by atoms with Gasteiger partial charge in [-0.25, -0.2) is 0 Å². The van der Waals surface area contributed by atoms with E-state index in [9.17, 15) is 10.1 Å². The first-order chi connectivity index (χ1) is 11.1. The summed E-state index contributed by atoms with van der Waals surface area (Å²) in [6.45, 7) is 2.26. The molecule has 1 N–H and O–H groups in total. The van der Waals surface area contributed by atoms with E-state index in [2.05, 4.69) is 17.5 Å². The Kier molecular flexibility index (Phi) is 6.79. The van der Waals surface area contributed by atoms with E-state index in [4.69, 9.17) is 4.99 Å². The predicted molar refractivity (Wildman–Crippen MR) is 104 cm³/mol. The lowest BCUT2D eigenvalue weighted by Crippen LogP contribution is -2.29. The smallest absolute Gasteiger partial charge is 0.258 e. The van der Waals surface area contributed by atoms with Crippen LogP contribution in [-0.2, 0) is 0 Å². The molecule has 8 heteroatoms. The summed E-state index contributed by atoms with van der Waals surface area (Å²) in [6, 6.07) is 6.97. The van der Waals surface area contributed by atoms with Crippen molar-refractivity contribution in [2.75, 3.05) is 5.75 Å². The highest BCUT2D eigenvalue weighted by Crippen LogP contribution is 2.27. The highest BCUT2D eigenvalue weighted by Gasteiger charge is 2.22. The van der Waals surface area contributed by atoms with Crippen LogP contribution in [0.1, 0.15) is 38.2 Å². The summed E-state index contributed by atoms with van der Waals surface area (Å²) < 4.78 is 0. The Labute approximate surface area is 156 Å². The van der Waals surface area contributed by atoms with Crippen LogP contribution in [0.4, 0.5) is 5.69 Å². The molecule has 0 bridgehead atoms. The lowest BCUT2D eigenvalue weighted by atomic mass is 9.86. The molecule has 6 nitrogen and oxygen atoms in total. The van der Waals surface area contributed by atoms with Gasteiger partial charge in [0.05, 0.1) is 16.7 Å². The fourth-order valence-corrected chi connectivity index (χ4v) is 3.79. The standard InChI is InChI=1S/C16H20N4O2S.BrH/c1-11-5-2-3-8-14(11)17-16-19-18-15(10-23-16)12-6-4-7-13(9-12)20(21)22;/h4,6-7,9,11,14H,2-3,5,8,10H2,1H3,(H,17,19);1H. The number of rotatable bonds is 3. The molecule has 0 aromatic heterocycles. The molecule has 2 unspecified atom stereocenters. The molecule has 2 atom stereocenters. The highest BCUT2D eigenvalue weighted by atomic mass is 79.9. The van der Waals surface area contributed by atoms with Crippen LogP contribution < -0.4 is 5.43 Å².